The molecule has 8 heteroatoms. The van der Waals surface area contributed by atoms with Gasteiger partial charge in [-0.2, -0.15) is 0 Å². The van der Waals surface area contributed by atoms with Crippen LogP contribution in [0.3, 0.4) is 0 Å². The van der Waals surface area contributed by atoms with Crippen LogP contribution >= 0.6 is 0 Å². The van der Waals surface area contributed by atoms with E-state index in [1.165, 1.54) is 0 Å². The minimum atomic E-state index is -0.371. The van der Waals surface area contributed by atoms with E-state index in [0.29, 0.717) is 6.04 Å². The Bertz CT molecular complexity index is 491. The maximum atomic E-state index is 11.8. The molecule has 0 atom stereocenters. The first-order valence-electron chi connectivity index (χ1n) is 6.42. The van der Waals surface area contributed by atoms with E-state index in [1.807, 2.05) is 0 Å². The van der Waals surface area contributed by atoms with E-state index >= 15 is 0 Å². The molecule has 3 N–H and O–H groups in total. The van der Waals surface area contributed by atoms with Crippen LogP contribution in [0, 0.1) is 0 Å². The van der Waals surface area contributed by atoms with Crippen molar-refractivity contribution in [2.75, 3.05) is 19.6 Å². The highest BCUT2D eigenvalue weighted by Gasteiger charge is 2.24. The molecule has 102 valence electrons. The van der Waals surface area contributed by atoms with Gasteiger partial charge in [0, 0.05) is 19.1 Å². The molecule has 2 amide bonds. The third-order valence-electron chi connectivity index (χ3n) is 3.23. The summed E-state index contributed by atoms with van der Waals surface area (Å²) in [6.45, 7) is 1.66. The molecule has 1 aliphatic carbocycles. The Hall–Kier alpha value is -1.96. The molecule has 1 aliphatic heterocycles. The minimum absolute atomic E-state index is 0.0207. The van der Waals surface area contributed by atoms with Crippen molar-refractivity contribution >= 4 is 11.8 Å². The smallest absolute Gasteiger partial charge is 0.273 e. The highest BCUT2D eigenvalue weighted by molar-refractivity contribution is 5.94. The molecule has 2 fully saturated rings. The van der Waals surface area contributed by atoms with Crippen molar-refractivity contribution in [1.82, 2.24) is 30.9 Å². The third-order valence-corrected chi connectivity index (χ3v) is 3.23. The van der Waals surface area contributed by atoms with Crippen molar-refractivity contribution in [1.29, 1.82) is 0 Å². The summed E-state index contributed by atoms with van der Waals surface area (Å²) in [5.41, 5.74) is 0.242. The van der Waals surface area contributed by atoms with Crippen molar-refractivity contribution in [3.8, 4) is 0 Å². The van der Waals surface area contributed by atoms with Crippen LogP contribution < -0.4 is 16.0 Å². The van der Waals surface area contributed by atoms with Crippen LogP contribution in [0.5, 0.6) is 0 Å². The average Bonchev–Trinajstić information content (AvgIpc) is 3.00. The van der Waals surface area contributed by atoms with E-state index in [1.54, 1.807) is 10.9 Å². The van der Waals surface area contributed by atoms with Gasteiger partial charge in [-0.25, -0.2) is 4.68 Å². The van der Waals surface area contributed by atoms with E-state index < -0.39 is 0 Å². The van der Waals surface area contributed by atoms with Crippen molar-refractivity contribution in [3.05, 3.63) is 11.9 Å². The second-order valence-corrected chi connectivity index (χ2v) is 4.92. The minimum Gasteiger partial charge on any atom is -0.352 e. The number of hydrogen-bond acceptors (Lipinski definition) is 5. The molecule has 1 aromatic heterocycles. The first-order valence-corrected chi connectivity index (χ1v) is 6.42. The number of carbonyl (C=O) groups is 2. The van der Waals surface area contributed by atoms with Gasteiger partial charge in [-0.3, -0.25) is 9.59 Å². The number of rotatable bonds is 5. The van der Waals surface area contributed by atoms with Crippen molar-refractivity contribution in [2.24, 2.45) is 0 Å². The zero-order valence-electron chi connectivity index (χ0n) is 10.4. The Morgan fingerprint density at radius 3 is 2.84 bits per heavy atom. The number of aromatic nitrogens is 3. The fourth-order valence-corrected chi connectivity index (χ4v) is 1.78. The van der Waals surface area contributed by atoms with Gasteiger partial charge in [-0.1, -0.05) is 5.21 Å². The topological polar surface area (TPSA) is 101 Å². The predicted molar refractivity (Wildman–Crippen MR) is 65.4 cm³/mol. The van der Waals surface area contributed by atoms with Gasteiger partial charge in [-0.05, 0) is 12.8 Å². The van der Waals surface area contributed by atoms with Gasteiger partial charge in [0.05, 0.1) is 18.8 Å². The third kappa shape index (κ3) is 2.90. The standard InChI is InChI=1S/C11H16N6O2/c18-10(14-7-1-2-7)5-13-11(19)9-6-17(16-15-9)8-3-12-4-8/h6-8,12H,1-5H2,(H,13,19)(H,14,18). The molecule has 1 saturated heterocycles. The molecule has 0 aromatic carbocycles. The van der Waals surface area contributed by atoms with Crippen LogP contribution in [-0.2, 0) is 4.79 Å². The zero-order chi connectivity index (χ0) is 13.2. The average molecular weight is 264 g/mol. The van der Waals surface area contributed by atoms with Crippen LogP contribution in [0.15, 0.2) is 6.20 Å². The maximum Gasteiger partial charge on any atom is 0.273 e. The van der Waals surface area contributed by atoms with Crippen LogP contribution in [0.4, 0.5) is 0 Å². The molecule has 0 bridgehead atoms. The molecule has 1 saturated carbocycles. The van der Waals surface area contributed by atoms with Gasteiger partial charge in [0.1, 0.15) is 0 Å². The second kappa shape index (κ2) is 4.96. The zero-order valence-corrected chi connectivity index (χ0v) is 10.4. The first kappa shape index (κ1) is 12.1. The van der Waals surface area contributed by atoms with Crippen molar-refractivity contribution in [2.45, 2.75) is 24.9 Å². The molecule has 2 aliphatic rings. The van der Waals surface area contributed by atoms with E-state index in [-0.39, 0.29) is 30.1 Å². The second-order valence-electron chi connectivity index (χ2n) is 4.92. The summed E-state index contributed by atoms with van der Waals surface area (Å²) >= 11 is 0. The molecular formula is C11H16N6O2. The Balaban J connectivity index is 1.48. The highest BCUT2D eigenvalue weighted by atomic mass is 16.2. The summed E-state index contributed by atoms with van der Waals surface area (Å²) in [7, 11) is 0. The lowest BCUT2D eigenvalue weighted by molar-refractivity contribution is -0.120. The number of carbonyl (C=O) groups excluding carboxylic acids is 2. The quantitative estimate of drug-likeness (QED) is 0.596. The summed E-state index contributed by atoms with van der Waals surface area (Å²) in [6, 6.07) is 0.573. The summed E-state index contributed by atoms with van der Waals surface area (Å²) < 4.78 is 1.68. The predicted octanol–water partition coefficient (Wildman–Crippen LogP) is -1.57. The Morgan fingerprint density at radius 2 is 2.21 bits per heavy atom. The largest absolute Gasteiger partial charge is 0.352 e. The fraction of sp³-hybridized carbons (Fsp3) is 0.636. The van der Waals surface area contributed by atoms with Crippen molar-refractivity contribution < 1.29 is 9.59 Å². The molecular weight excluding hydrogens is 248 g/mol. The van der Waals surface area contributed by atoms with E-state index in [0.717, 1.165) is 25.9 Å². The Labute approximate surface area is 109 Å². The molecule has 3 rings (SSSR count). The number of nitrogens with one attached hydrogen (secondary N) is 3. The van der Waals surface area contributed by atoms with Gasteiger partial charge in [0.25, 0.3) is 5.91 Å². The van der Waals surface area contributed by atoms with Crippen LogP contribution in [0.2, 0.25) is 0 Å². The van der Waals surface area contributed by atoms with Crippen LogP contribution in [-0.4, -0.2) is 52.5 Å². The van der Waals surface area contributed by atoms with E-state index in [2.05, 4.69) is 26.3 Å². The summed E-state index contributed by atoms with van der Waals surface area (Å²) in [5.74, 6) is -0.532. The number of nitrogens with zero attached hydrogens (tertiary/aromatic N) is 3. The molecule has 0 radical (unpaired) electrons. The monoisotopic (exact) mass is 264 g/mol. The summed E-state index contributed by atoms with van der Waals surface area (Å²) in [6.07, 6.45) is 3.67. The van der Waals surface area contributed by atoms with Crippen molar-refractivity contribution in [3.63, 3.8) is 0 Å². The number of hydrogen-bond donors (Lipinski definition) is 3. The highest BCUT2D eigenvalue weighted by Crippen LogP contribution is 2.18. The first-order chi connectivity index (χ1) is 9.22. The molecule has 0 unspecified atom stereocenters. The SMILES string of the molecule is O=C(CNC(=O)c1cn(C2CNC2)nn1)NC1CC1. The molecule has 8 nitrogen and oxygen atoms in total. The lowest BCUT2D eigenvalue weighted by Crippen LogP contribution is -2.43. The summed E-state index contributed by atoms with van der Waals surface area (Å²) in [5, 5.41) is 16.2. The summed E-state index contributed by atoms with van der Waals surface area (Å²) in [4.78, 5) is 23.2. The van der Waals surface area contributed by atoms with E-state index in [9.17, 15) is 9.59 Å². The van der Waals surface area contributed by atoms with Gasteiger partial charge >= 0.3 is 0 Å². The Kier molecular flexibility index (Phi) is 3.16. The van der Waals surface area contributed by atoms with Gasteiger partial charge in [0.15, 0.2) is 5.69 Å². The molecule has 1 aromatic rings. The van der Waals surface area contributed by atoms with Gasteiger partial charge < -0.3 is 16.0 Å². The molecule has 19 heavy (non-hydrogen) atoms. The van der Waals surface area contributed by atoms with Crippen LogP contribution in [0.1, 0.15) is 29.4 Å². The van der Waals surface area contributed by atoms with E-state index in [4.69, 9.17) is 0 Å². The fourth-order valence-electron chi connectivity index (χ4n) is 1.78. The molecule has 2 heterocycles. The molecule has 0 spiro atoms. The normalized spacial score (nSPS) is 18.7. The van der Waals surface area contributed by atoms with Gasteiger partial charge in [-0.15, -0.1) is 5.10 Å². The Morgan fingerprint density at radius 1 is 1.42 bits per heavy atom. The maximum absolute atomic E-state index is 11.8. The number of amides is 2. The van der Waals surface area contributed by atoms with Crippen LogP contribution in [0.25, 0.3) is 0 Å². The lowest BCUT2D eigenvalue weighted by Gasteiger charge is -2.26. The van der Waals surface area contributed by atoms with Gasteiger partial charge in [0.2, 0.25) is 5.91 Å². The lowest BCUT2D eigenvalue weighted by atomic mass is 10.2.